The molecule has 0 spiro atoms. The van der Waals surface area contributed by atoms with Crippen LogP contribution in [0.4, 0.5) is 0 Å². The van der Waals surface area contributed by atoms with Crippen molar-refractivity contribution in [2.75, 3.05) is 0 Å². The fraction of sp³-hybridized carbons (Fsp3) is 0.733. The van der Waals surface area contributed by atoms with Crippen molar-refractivity contribution >= 4 is 11.4 Å². The van der Waals surface area contributed by atoms with Gasteiger partial charge in [0.2, 0.25) is 0 Å². The highest BCUT2D eigenvalue weighted by Crippen LogP contribution is 2.36. The lowest BCUT2D eigenvalue weighted by Gasteiger charge is -2.33. The average molecular weight is 285 g/mol. The fourth-order valence-electron chi connectivity index (χ4n) is 1.69. The predicted octanol–water partition coefficient (Wildman–Crippen LogP) is 4.04. The van der Waals surface area contributed by atoms with Crippen LogP contribution in [0.25, 0.3) is 0 Å². The Hall–Kier alpha value is -0.450. The van der Waals surface area contributed by atoms with Crippen molar-refractivity contribution in [1.82, 2.24) is 4.72 Å². The van der Waals surface area contributed by atoms with E-state index in [1.807, 2.05) is 40.7 Å². The Morgan fingerprint density at radius 2 is 1.68 bits per heavy atom. The van der Waals surface area contributed by atoms with Gasteiger partial charge in [0, 0.05) is 11.4 Å². The molecule has 0 radical (unpaired) electrons. The van der Waals surface area contributed by atoms with Gasteiger partial charge in [0.15, 0.2) is 0 Å². The van der Waals surface area contributed by atoms with Crippen molar-refractivity contribution in [3.8, 4) is 0 Å². The summed E-state index contributed by atoms with van der Waals surface area (Å²) in [6.07, 6.45) is 0. The van der Waals surface area contributed by atoms with Gasteiger partial charge in [0.25, 0.3) is 0 Å². The third-order valence-electron chi connectivity index (χ3n) is 3.12. The van der Waals surface area contributed by atoms with E-state index < -0.39 is 11.4 Å². The van der Waals surface area contributed by atoms with Crippen molar-refractivity contribution in [2.24, 2.45) is 5.41 Å². The van der Waals surface area contributed by atoms with Crippen LogP contribution in [-0.2, 0) is 11.4 Å². The minimum absolute atomic E-state index is 0.0695. The van der Waals surface area contributed by atoms with Crippen molar-refractivity contribution in [3.05, 3.63) is 23.2 Å². The van der Waals surface area contributed by atoms with Crippen LogP contribution in [0.15, 0.2) is 10.5 Å². The van der Waals surface area contributed by atoms with E-state index in [1.54, 1.807) is 0 Å². The maximum Gasteiger partial charge on any atom is 0.136 e. The van der Waals surface area contributed by atoms with Crippen LogP contribution in [0, 0.1) is 19.3 Å². The third kappa shape index (κ3) is 4.26. The SMILES string of the molecule is Cc1cc([C@H](N[S@+]([O-])C(C)(C)C)C(C)(C)C)oc1C. The molecule has 1 N–H and O–H groups in total. The minimum atomic E-state index is -1.12. The summed E-state index contributed by atoms with van der Waals surface area (Å²) in [5.41, 5.74) is 1.06. The van der Waals surface area contributed by atoms with E-state index in [0.29, 0.717) is 0 Å². The van der Waals surface area contributed by atoms with Crippen LogP contribution in [0.2, 0.25) is 0 Å². The van der Waals surface area contributed by atoms with Gasteiger partial charge in [-0.1, -0.05) is 20.8 Å². The van der Waals surface area contributed by atoms with E-state index in [2.05, 4.69) is 25.5 Å². The zero-order valence-corrected chi connectivity index (χ0v) is 14.2. The molecule has 0 bridgehead atoms. The molecule has 0 aromatic carbocycles. The smallest absolute Gasteiger partial charge is 0.136 e. The van der Waals surface area contributed by atoms with Gasteiger partial charge in [0.1, 0.15) is 22.3 Å². The van der Waals surface area contributed by atoms with Crippen LogP contribution in [0.5, 0.6) is 0 Å². The molecule has 3 nitrogen and oxygen atoms in total. The number of hydrogen-bond donors (Lipinski definition) is 1. The molecule has 0 unspecified atom stereocenters. The number of rotatable bonds is 3. The fourth-order valence-corrected chi connectivity index (χ4v) is 2.73. The molecular weight excluding hydrogens is 258 g/mol. The first-order valence-electron chi connectivity index (χ1n) is 6.68. The zero-order valence-electron chi connectivity index (χ0n) is 13.4. The first kappa shape index (κ1) is 16.6. The van der Waals surface area contributed by atoms with Gasteiger partial charge in [-0.2, -0.15) is 0 Å². The first-order valence-corrected chi connectivity index (χ1v) is 7.83. The second-order valence-electron chi connectivity index (χ2n) is 7.19. The minimum Gasteiger partial charge on any atom is -0.598 e. The molecule has 2 atom stereocenters. The summed E-state index contributed by atoms with van der Waals surface area (Å²) in [7, 11) is 0. The Morgan fingerprint density at radius 3 is 2.00 bits per heavy atom. The standard InChI is InChI=1S/C15H27NO2S/c1-10-9-12(18-11(10)2)13(14(3,4)5)16-19(17)15(6,7)8/h9,13,16H,1-8H3/t13-,19+/m0/s1. The van der Waals surface area contributed by atoms with Gasteiger partial charge in [0.05, 0.1) is 0 Å². The summed E-state index contributed by atoms with van der Waals surface area (Å²) in [6, 6.07) is 1.97. The highest BCUT2D eigenvalue weighted by Gasteiger charge is 2.37. The van der Waals surface area contributed by atoms with Gasteiger partial charge in [-0.15, -0.1) is 4.72 Å². The highest BCUT2D eigenvalue weighted by atomic mass is 32.2. The zero-order chi connectivity index (χ0) is 15.0. The van der Waals surface area contributed by atoms with E-state index in [4.69, 9.17) is 4.42 Å². The Kier molecular flexibility index (Phi) is 4.81. The molecule has 1 heterocycles. The molecule has 1 aromatic rings. The quantitative estimate of drug-likeness (QED) is 0.853. The molecule has 19 heavy (non-hydrogen) atoms. The molecule has 0 aliphatic carbocycles. The lowest BCUT2D eigenvalue weighted by atomic mass is 9.86. The van der Waals surface area contributed by atoms with Crippen LogP contribution in [0.3, 0.4) is 0 Å². The Labute approximate surface area is 120 Å². The first-order chi connectivity index (χ1) is 8.43. The van der Waals surface area contributed by atoms with E-state index in [9.17, 15) is 4.55 Å². The molecule has 0 amide bonds. The monoisotopic (exact) mass is 285 g/mol. The Balaban J connectivity index is 3.04. The Bertz CT molecular complexity index is 407. The van der Waals surface area contributed by atoms with Gasteiger partial charge in [-0.25, -0.2) is 0 Å². The topological polar surface area (TPSA) is 48.2 Å². The molecule has 1 aromatic heterocycles. The summed E-state index contributed by atoms with van der Waals surface area (Å²) in [4.78, 5) is 0. The molecule has 0 aliphatic rings. The molecule has 0 fully saturated rings. The molecule has 0 saturated heterocycles. The van der Waals surface area contributed by atoms with Gasteiger partial charge in [-0.3, -0.25) is 0 Å². The summed E-state index contributed by atoms with van der Waals surface area (Å²) < 4.78 is 21.1. The molecule has 1 rings (SSSR count). The van der Waals surface area contributed by atoms with Crippen molar-refractivity contribution < 1.29 is 8.97 Å². The number of furan rings is 1. The lowest BCUT2D eigenvalue weighted by molar-refractivity contribution is 0.261. The predicted molar refractivity (Wildman–Crippen MR) is 81.4 cm³/mol. The number of nitrogens with one attached hydrogen (secondary N) is 1. The highest BCUT2D eigenvalue weighted by molar-refractivity contribution is 7.90. The van der Waals surface area contributed by atoms with E-state index in [-0.39, 0.29) is 16.2 Å². The summed E-state index contributed by atoms with van der Waals surface area (Å²) >= 11 is -1.12. The van der Waals surface area contributed by atoms with E-state index >= 15 is 0 Å². The number of hydrogen-bond acceptors (Lipinski definition) is 3. The van der Waals surface area contributed by atoms with Crippen LogP contribution in [0.1, 0.15) is 64.7 Å². The number of aryl methyl sites for hydroxylation is 2. The Morgan fingerprint density at radius 1 is 1.16 bits per heavy atom. The molecule has 4 heteroatoms. The van der Waals surface area contributed by atoms with Gasteiger partial charge < -0.3 is 8.97 Å². The molecule has 0 saturated carbocycles. The summed E-state index contributed by atoms with van der Waals surface area (Å²) in [5.74, 6) is 1.78. The van der Waals surface area contributed by atoms with Crippen LogP contribution >= 0.6 is 0 Å². The average Bonchev–Trinajstić information content (AvgIpc) is 2.51. The van der Waals surface area contributed by atoms with Crippen molar-refractivity contribution in [3.63, 3.8) is 0 Å². The lowest BCUT2D eigenvalue weighted by Crippen LogP contribution is -2.44. The largest absolute Gasteiger partial charge is 0.598 e. The second-order valence-corrected chi connectivity index (χ2v) is 9.18. The third-order valence-corrected chi connectivity index (χ3v) is 4.68. The molecule has 0 aliphatic heterocycles. The van der Waals surface area contributed by atoms with Gasteiger partial charge >= 0.3 is 0 Å². The van der Waals surface area contributed by atoms with E-state index in [1.165, 1.54) is 0 Å². The van der Waals surface area contributed by atoms with Crippen molar-refractivity contribution in [2.45, 2.75) is 66.2 Å². The summed E-state index contributed by atoms with van der Waals surface area (Å²) in [5, 5.41) is 0. The normalized spacial score (nSPS) is 16.5. The summed E-state index contributed by atoms with van der Waals surface area (Å²) in [6.45, 7) is 16.3. The maximum absolute atomic E-state index is 12.3. The van der Waals surface area contributed by atoms with Crippen LogP contribution < -0.4 is 4.72 Å². The maximum atomic E-state index is 12.3. The van der Waals surface area contributed by atoms with E-state index in [0.717, 1.165) is 17.1 Å². The molecule has 110 valence electrons. The van der Waals surface area contributed by atoms with Gasteiger partial charge in [-0.05, 0) is 51.7 Å². The van der Waals surface area contributed by atoms with Crippen LogP contribution in [-0.4, -0.2) is 9.30 Å². The second kappa shape index (κ2) is 5.51. The van der Waals surface area contributed by atoms with Crippen molar-refractivity contribution in [1.29, 1.82) is 0 Å². The molecular formula is C15H27NO2S.